The van der Waals surface area contributed by atoms with Gasteiger partial charge in [-0.15, -0.1) is 0 Å². The number of pyridine rings is 1. The fourth-order valence-electron chi connectivity index (χ4n) is 3.62. The van der Waals surface area contributed by atoms with Crippen molar-refractivity contribution in [3.05, 3.63) is 94.4 Å². The minimum atomic E-state index is -0.183. The Kier molecular flexibility index (Phi) is 5.36. The summed E-state index contributed by atoms with van der Waals surface area (Å²) >= 11 is 5.93. The van der Waals surface area contributed by atoms with Crippen LogP contribution >= 0.6 is 11.6 Å². The number of nitrogens with zero attached hydrogens (tertiary/aromatic N) is 2. The number of hydrogen-bond donors (Lipinski definition) is 1. The Morgan fingerprint density at radius 3 is 2.45 bits per heavy atom. The van der Waals surface area contributed by atoms with E-state index in [4.69, 9.17) is 16.6 Å². The number of amides is 1. The zero-order valence-electron chi connectivity index (χ0n) is 16.4. The van der Waals surface area contributed by atoms with E-state index in [1.807, 2.05) is 59.1 Å². The highest BCUT2D eigenvalue weighted by molar-refractivity contribution is 6.30. The standard InChI is InChI=1S/C24H22ClN3O/c1-16-6-5-7-17(2)21(16)22-20-8-3-4-15-28(20)23(27-22)24(29)26-14-13-18-9-11-19(25)12-10-18/h3-12,15H,13-14H2,1-2H3,(H,26,29). The number of imidazole rings is 1. The number of halogens is 1. The van der Waals surface area contributed by atoms with Crippen molar-refractivity contribution in [3.8, 4) is 11.3 Å². The SMILES string of the molecule is Cc1cccc(C)c1-c1nc(C(=O)NCCc2ccc(Cl)cc2)n2ccccc12. The summed E-state index contributed by atoms with van der Waals surface area (Å²) in [6.07, 6.45) is 2.61. The summed E-state index contributed by atoms with van der Waals surface area (Å²) in [7, 11) is 0. The molecule has 4 rings (SSSR count). The number of carbonyl (C=O) groups excluding carboxylic acids is 1. The van der Waals surface area contributed by atoms with Crippen LogP contribution in [0.1, 0.15) is 27.3 Å². The van der Waals surface area contributed by atoms with Crippen LogP contribution in [0.25, 0.3) is 16.8 Å². The largest absolute Gasteiger partial charge is 0.349 e. The van der Waals surface area contributed by atoms with E-state index in [2.05, 4.69) is 31.3 Å². The van der Waals surface area contributed by atoms with E-state index in [0.29, 0.717) is 17.4 Å². The maximum Gasteiger partial charge on any atom is 0.287 e. The van der Waals surface area contributed by atoms with E-state index in [1.54, 1.807) is 0 Å². The molecular weight excluding hydrogens is 382 g/mol. The third-order valence-corrected chi connectivity index (χ3v) is 5.33. The summed E-state index contributed by atoms with van der Waals surface area (Å²) in [5.74, 6) is 0.215. The molecule has 0 atom stereocenters. The van der Waals surface area contributed by atoms with Gasteiger partial charge in [-0.2, -0.15) is 0 Å². The van der Waals surface area contributed by atoms with E-state index in [9.17, 15) is 4.79 Å². The molecule has 0 unspecified atom stereocenters. The van der Waals surface area contributed by atoms with Gasteiger partial charge in [-0.1, -0.05) is 48.0 Å². The van der Waals surface area contributed by atoms with Crippen LogP contribution in [-0.2, 0) is 6.42 Å². The van der Waals surface area contributed by atoms with Crippen LogP contribution in [0.4, 0.5) is 0 Å². The molecule has 0 aliphatic heterocycles. The maximum absolute atomic E-state index is 12.9. The molecule has 4 aromatic rings. The molecule has 0 fully saturated rings. The lowest BCUT2D eigenvalue weighted by Gasteiger charge is -2.07. The first-order valence-electron chi connectivity index (χ1n) is 9.61. The lowest BCUT2D eigenvalue weighted by Crippen LogP contribution is -2.27. The fourth-order valence-corrected chi connectivity index (χ4v) is 3.75. The molecule has 0 radical (unpaired) electrons. The fraction of sp³-hybridized carbons (Fsp3) is 0.167. The first kappa shape index (κ1) is 19.2. The van der Waals surface area contributed by atoms with Gasteiger partial charge >= 0.3 is 0 Å². The number of aryl methyl sites for hydroxylation is 2. The number of aromatic nitrogens is 2. The first-order chi connectivity index (χ1) is 14.0. The summed E-state index contributed by atoms with van der Waals surface area (Å²) in [5, 5.41) is 3.70. The van der Waals surface area contributed by atoms with Crippen molar-refractivity contribution in [2.75, 3.05) is 6.54 Å². The second-order valence-corrected chi connectivity index (χ2v) is 7.58. The number of nitrogens with one attached hydrogen (secondary N) is 1. The van der Waals surface area contributed by atoms with Crippen molar-refractivity contribution >= 4 is 23.0 Å². The minimum Gasteiger partial charge on any atom is -0.349 e. The molecule has 2 aromatic heterocycles. The zero-order chi connectivity index (χ0) is 20.4. The van der Waals surface area contributed by atoms with Crippen LogP contribution in [-0.4, -0.2) is 21.8 Å². The Hall–Kier alpha value is -3.11. The highest BCUT2D eigenvalue weighted by Gasteiger charge is 2.19. The molecule has 5 heteroatoms. The minimum absolute atomic E-state index is 0.183. The molecule has 0 aliphatic carbocycles. The van der Waals surface area contributed by atoms with Gasteiger partial charge in [-0.25, -0.2) is 4.98 Å². The molecular formula is C24H22ClN3O. The highest BCUT2D eigenvalue weighted by atomic mass is 35.5. The van der Waals surface area contributed by atoms with E-state index in [-0.39, 0.29) is 5.91 Å². The Balaban J connectivity index is 1.62. The van der Waals surface area contributed by atoms with Gasteiger partial charge in [0.15, 0.2) is 0 Å². The smallest absolute Gasteiger partial charge is 0.287 e. The molecule has 0 saturated carbocycles. The number of benzene rings is 2. The van der Waals surface area contributed by atoms with E-state index in [1.165, 1.54) is 0 Å². The molecule has 1 amide bonds. The predicted octanol–water partition coefficient (Wildman–Crippen LogP) is 5.24. The predicted molar refractivity (Wildman–Crippen MR) is 118 cm³/mol. The molecule has 1 N–H and O–H groups in total. The number of hydrogen-bond acceptors (Lipinski definition) is 2. The molecule has 146 valence electrons. The molecule has 2 aromatic carbocycles. The van der Waals surface area contributed by atoms with Gasteiger partial charge in [0.1, 0.15) is 0 Å². The Labute approximate surface area is 175 Å². The average molecular weight is 404 g/mol. The summed E-state index contributed by atoms with van der Waals surface area (Å²) in [6.45, 7) is 4.67. The molecule has 0 spiro atoms. The monoisotopic (exact) mass is 403 g/mol. The van der Waals surface area contributed by atoms with Gasteiger partial charge in [0.2, 0.25) is 5.82 Å². The van der Waals surface area contributed by atoms with Gasteiger partial charge < -0.3 is 5.32 Å². The summed E-state index contributed by atoms with van der Waals surface area (Å²) < 4.78 is 1.86. The number of carbonyl (C=O) groups is 1. The van der Waals surface area contributed by atoms with Gasteiger partial charge in [-0.3, -0.25) is 9.20 Å². The van der Waals surface area contributed by atoms with Crippen molar-refractivity contribution in [2.45, 2.75) is 20.3 Å². The molecule has 0 saturated heterocycles. The normalized spacial score (nSPS) is 11.0. The van der Waals surface area contributed by atoms with Gasteiger partial charge in [0.25, 0.3) is 5.91 Å². The van der Waals surface area contributed by atoms with Crippen LogP contribution in [0.5, 0.6) is 0 Å². The summed E-state index contributed by atoms with van der Waals surface area (Å²) in [6, 6.07) is 19.7. The Morgan fingerprint density at radius 2 is 1.72 bits per heavy atom. The van der Waals surface area contributed by atoms with Crippen molar-refractivity contribution in [1.29, 1.82) is 0 Å². The third-order valence-electron chi connectivity index (χ3n) is 5.08. The van der Waals surface area contributed by atoms with Crippen LogP contribution in [0, 0.1) is 13.8 Å². The lowest BCUT2D eigenvalue weighted by molar-refractivity contribution is 0.0943. The summed E-state index contributed by atoms with van der Waals surface area (Å²) in [5.41, 5.74) is 6.25. The number of fused-ring (bicyclic) bond motifs is 1. The second-order valence-electron chi connectivity index (χ2n) is 7.14. The highest BCUT2D eigenvalue weighted by Crippen LogP contribution is 2.30. The van der Waals surface area contributed by atoms with Gasteiger partial charge in [0, 0.05) is 23.3 Å². The number of rotatable bonds is 5. The second kappa shape index (κ2) is 8.10. The van der Waals surface area contributed by atoms with Crippen LogP contribution in [0.3, 0.4) is 0 Å². The topological polar surface area (TPSA) is 46.4 Å². The van der Waals surface area contributed by atoms with Crippen LogP contribution in [0.2, 0.25) is 5.02 Å². The van der Waals surface area contributed by atoms with Crippen molar-refractivity contribution in [1.82, 2.24) is 14.7 Å². The van der Waals surface area contributed by atoms with Gasteiger partial charge in [-0.05, 0) is 61.2 Å². The van der Waals surface area contributed by atoms with Gasteiger partial charge in [0.05, 0.1) is 11.2 Å². The Morgan fingerprint density at radius 1 is 1.00 bits per heavy atom. The molecule has 4 nitrogen and oxygen atoms in total. The maximum atomic E-state index is 12.9. The van der Waals surface area contributed by atoms with Crippen molar-refractivity contribution in [3.63, 3.8) is 0 Å². The third kappa shape index (κ3) is 3.89. The first-order valence-corrected chi connectivity index (χ1v) is 9.98. The average Bonchev–Trinajstić information content (AvgIpc) is 3.09. The summed E-state index contributed by atoms with van der Waals surface area (Å²) in [4.78, 5) is 17.7. The van der Waals surface area contributed by atoms with E-state index < -0.39 is 0 Å². The quantitative estimate of drug-likeness (QED) is 0.495. The molecule has 0 aliphatic rings. The van der Waals surface area contributed by atoms with Crippen molar-refractivity contribution < 1.29 is 4.79 Å². The molecule has 2 heterocycles. The zero-order valence-corrected chi connectivity index (χ0v) is 17.2. The lowest BCUT2D eigenvalue weighted by atomic mass is 9.99. The Bertz CT molecular complexity index is 1160. The van der Waals surface area contributed by atoms with E-state index >= 15 is 0 Å². The van der Waals surface area contributed by atoms with Crippen LogP contribution in [0.15, 0.2) is 66.9 Å². The van der Waals surface area contributed by atoms with Crippen molar-refractivity contribution in [2.24, 2.45) is 0 Å². The molecule has 29 heavy (non-hydrogen) atoms. The molecule has 0 bridgehead atoms. The van der Waals surface area contributed by atoms with E-state index in [0.717, 1.165) is 39.9 Å². The van der Waals surface area contributed by atoms with Crippen LogP contribution < -0.4 is 5.32 Å².